The molecule has 1 aromatic heterocycles. The summed E-state index contributed by atoms with van der Waals surface area (Å²) in [7, 11) is 0. The Kier molecular flexibility index (Phi) is 6.31. The van der Waals surface area contributed by atoms with Crippen molar-refractivity contribution in [3.05, 3.63) is 51.5 Å². The summed E-state index contributed by atoms with van der Waals surface area (Å²) >= 11 is 1.63. The largest absolute Gasteiger partial charge is 0.478 e. The maximum Gasteiger partial charge on any atom is 0.335 e. The Morgan fingerprint density at radius 2 is 1.84 bits per heavy atom. The molecule has 0 radical (unpaired) electrons. The van der Waals surface area contributed by atoms with Crippen LogP contribution in [0.25, 0.3) is 0 Å². The Morgan fingerprint density at radius 1 is 1.16 bits per heavy atom. The molecule has 0 fully saturated rings. The van der Waals surface area contributed by atoms with Crippen LogP contribution in [0.4, 0.5) is 0 Å². The first-order valence-corrected chi connectivity index (χ1v) is 9.17. The van der Waals surface area contributed by atoms with Crippen molar-refractivity contribution >= 4 is 23.2 Å². The molecular weight excluding hydrogens is 336 g/mol. The SMILES string of the molecule is CC(C)(C)c1csc(CCNC(=O)CCc2ccc(C(=O)O)cc2)n1. The molecule has 6 heteroatoms. The zero-order chi connectivity index (χ0) is 18.4. The normalized spacial score (nSPS) is 11.3. The number of carbonyl (C=O) groups is 2. The van der Waals surface area contributed by atoms with E-state index in [4.69, 9.17) is 5.11 Å². The van der Waals surface area contributed by atoms with Crippen LogP contribution in [0.2, 0.25) is 0 Å². The molecule has 25 heavy (non-hydrogen) atoms. The monoisotopic (exact) mass is 360 g/mol. The molecular formula is C19H24N2O3S. The molecule has 134 valence electrons. The Bertz CT molecular complexity index is 730. The van der Waals surface area contributed by atoms with Crippen molar-refractivity contribution in [1.29, 1.82) is 0 Å². The highest BCUT2D eigenvalue weighted by atomic mass is 32.1. The van der Waals surface area contributed by atoms with Crippen molar-refractivity contribution in [1.82, 2.24) is 10.3 Å². The molecule has 0 aliphatic carbocycles. The van der Waals surface area contributed by atoms with E-state index in [1.54, 1.807) is 35.6 Å². The Morgan fingerprint density at radius 3 is 2.40 bits per heavy atom. The number of carbonyl (C=O) groups excluding carboxylic acids is 1. The van der Waals surface area contributed by atoms with Gasteiger partial charge in [-0.2, -0.15) is 0 Å². The van der Waals surface area contributed by atoms with Crippen LogP contribution in [0.15, 0.2) is 29.6 Å². The third kappa shape index (κ3) is 5.98. The first-order valence-electron chi connectivity index (χ1n) is 8.29. The third-order valence-electron chi connectivity index (χ3n) is 3.82. The lowest BCUT2D eigenvalue weighted by Crippen LogP contribution is -2.25. The fourth-order valence-electron chi connectivity index (χ4n) is 2.24. The Labute approximate surface area is 152 Å². The summed E-state index contributed by atoms with van der Waals surface area (Å²) in [5.74, 6) is -0.948. The van der Waals surface area contributed by atoms with Crippen LogP contribution in [0.3, 0.4) is 0 Å². The number of carboxylic acids is 1. The van der Waals surface area contributed by atoms with Gasteiger partial charge in [0.15, 0.2) is 0 Å². The van der Waals surface area contributed by atoms with Crippen LogP contribution in [-0.2, 0) is 23.1 Å². The number of carboxylic acid groups (broad SMARTS) is 1. The molecule has 0 bridgehead atoms. The predicted molar refractivity (Wildman–Crippen MR) is 99.3 cm³/mol. The van der Waals surface area contributed by atoms with Crippen LogP contribution in [0, 0.1) is 0 Å². The van der Waals surface area contributed by atoms with Gasteiger partial charge in [0, 0.05) is 30.2 Å². The molecule has 0 aliphatic rings. The van der Waals surface area contributed by atoms with Crippen molar-refractivity contribution in [2.75, 3.05) is 6.54 Å². The molecule has 2 aromatic rings. The first-order chi connectivity index (χ1) is 11.8. The van der Waals surface area contributed by atoms with Crippen LogP contribution in [0.5, 0.6) is 0 Å². The van der Waals surface area contributed by atoms with Gasteiger partial charge in [-0.15, -0.1) is 11.3 Å². The summed E-state index contributed by atoms with van der Waals surface area (Å²) in [6.45, 7) is 6.98. The van der Waals surface area contributed by atoms with Gasteiger partial charge < -0.3 is 10.4 Å². The van der Waals surface area contributed by atoms with Gasteiger partial charge in [-0.3, -0.25) is 4.79 Å². The number of nitrogens with one attached hydrogen (secondary N) is 1. The van der Waals surface area contributed by atoms with Crippen LogP contribution in [0.1, 0.15) is 53.8 Å². The molecule has 1 amide bonds. The Hall–Kier alpha value is -2.21. The average molecular weight is 360 g/mol. The lowest BCUT2D eigenvalue weighted by atomic mass is 9.93. The van der Waals surface area contributed by atoms with E-state index in [0.29, 0.717) is 19.4 Å². The van der Waals surface area contributed by atoms with Crippen molar-refractivity contribution in [2.45, 2.75) is 45.4 Å². The summed E-state index contributed by atoms with van der Waals surface area (Å²) < 4.78 is 0. The van der Waals surface area contributed by atoms with Crippen molar-refractivity contribution in [3.63, 3.8) is 0 Å². The smallest absolute Gasteiger partial charge is 0.335 e. The highest BCUT2D eigenvalue weighted by Crippen LogP contribution is 2.23. The zero-order valence-corrected chi connectivity index (χ0v) is 15.7. The molecule has 0 aliphatic heterocycles. The maximum absolute atomic E-state index is 11.9. The second-order valence-electron chi connectivity index (χ2n) is 6.98. The number of amides is 1. The number of aromatic nitrogens is 1. The summed E-state index contributed by atoms with van der Waals surface area (Å²) in [6.07, 6.45) is 1.72. The molecule has 0 unspecified atom stereocenters. The number of hydrogen-bond donors (Lipinski definition) is 2. The molecule has 5 nitrogen and oxygen atoms in total. The van der Waals surface area contributed by atoms with Crippen LogP contribution < -0.4 is 5.32 Å². The van der Waals surface area contributed by atoms with Crippen molar-refractivity contribution in [3.8, 4) is 0 Å². The highest BCUT2D eigenvalue weighted by molar-refractivity contribution is 7.09. The fourth-order valence-corrected chi connectivity index (χ4v) is 3.26. The number of benzene rings is 1. The molecule has 0 spiro atoms. The van der Waals surface area contributed by atoms with E-state index in [0.717, 1.165) is 22.7 Å². The number of rotatable bonds is 7. The van der Waals surface area contributed by atoms with Gasteiger partial charge >= 0.3 is 5.97 Å². The Balaban J connectivity index is 1.72. The minimum Gasteiger partial charge on any atom is -0.478 e. The van der Waals surface area contributed by atoms with E-state index < -0.39 is 5.97 Å². The van der Waals surface area contributed by atoms with E-state index in [2.05, 4.69) is 36.5 Å². The van der Waals surface area contributed by atoms with Gasteiger partial charge in [-0.25, -0.2) is 9.78 Å². The number of thiazole rings is 1. The van der Waals surface area contributed by atoms with E-state index in [1.165, 1.54) is 0 Å². The van der Waals surface area contributed by atoms with Crippen molar-refractivity contribution in [2.24, 2.45) is 0 Å². The van der Waals surface area contributed by atoms with Gasteiger partial charge in [0.25, 0.3) is 0 Å². The predicted octanol–water partition coefficient (Wildman–Crippen LogP) is 3.43. The molecule has 1 heterocycles. The second kappa shape index (κ2) is 8.25. The van der Waals surface area contributed by atoms with E-state index in [1.807, 2.05) is 0 Å². The average Bonchev–Trinajstić information content (AvgIpc) is 3.02. The summed E-state index contributed by atoms with van der Waals surface area (Å²) in [6, 6.07) is 6.62. The molecule has 2 rings (SSSR count). The number of aromatic carboxylic acids is 1. The highest BCUT2D eigenvalue weighted by Gasteiger charge is 2.17. The van der Waals surface area contributed by atoms with Crippen LogP contribution >= 0.6 is 11.3 Å². The minimum absolute atomic E-state index is 0.00471. The molecule has 0 saturated carbocycles. The third-order valence-corrected chi connectivity index (χ3v) is 4.73. The second-order valence-corrected chi connectivity index (χ2v) is 7.92. The maximum atomic E-state index is 11.9. The summed E-state index contributed by atoms with van der Waals surface area (Å²) in [4.78, 5) is 27.3. The van der Waals surface area contributed by atoms with Gasteiger partial charge in [0.1, 0.15) is 0 Å². The van der Waals surface area contributed by atoms with Gasteiger partial charge in [0.05, 0.1) is 16.3 Å². The first kappa shape index (κ1) is 19.1. The quantitative estimate of drug-likeness (QED) is 0.793. The zero-order valence-electron chi connectivity index (χ0n) is 14.8. The molecule has 0 saturated heterocycles. The fraction of sp³-hybridized carbons (Fsp3) is 0.421. The van der Waals surface area contributed by atoms with Gasteiger partial charge in [0.2, 0.25) is 5.91 Å². The topological polar surface area (TPSA) is 79.3 Å². The summed E-state index contributed by atoms with van der Waals surface area (Å²) in [5.41, 5.74) is 2.35. The van der Waals surface area contributed by atoms with Gasteiger partial charge in [-0.05, 0) is 24.1 Å². The standard InChI is InChI=1S/C19H24N2O3S/c1-19(2,3)15-12-25-17(21-15)10-11-20-16(22)9-6-13-4-7-14(8-5-13)18(23)24/h4-5,7-8,12H,6,9-11H2,1-3H3,(H,20,22)(H,23,24). The van der Waals surface area contributed by atoms with E-state index in [9.17, 15) is 9.59 Å². The van der Waals surface area contributed by atoms with Crippen molar-refractivity contribution < 1.29 is 14.7 Å². The van der Waals surface area contributed by atoms with E-state index in [-0.39, 0.29) is 16.9 Å². The van der Waals surface area contributed by atoms with E-state index >= 15 is 0 Å². The lowest BCUT2D eigenvalue weighted by Gasteiger charge is -2.14. The molecule has 0 atom stereocenters. The number of hydrogen-bond acceptors (Lipinski definition) is 4. The molecule has 1 aromatic carbocycles. The van der Waals surface area contributed by atoms with Crippen LogP contribution in [-0.4, -0.2) is 28.5 Å². The summed E-state index contributed by atoms with van der Waals surface area (Å²) in [5, 5.41) is 14.9. The number of nitrogens with zero attached hydrogens (tertiary/aromatic N) is 1. The minimum atomic E-state index is -0.943. The lowest BCUT2D eigenvalue weighted by molar-refractivity contribution is -0.121. The van der Waals surface area contributed by atoms with Gasteiger partial charge in [-0.1, -0.05) is 32.9 Å². The number of aryl methyl sites for hydroxylation is 1. The molecule has 2 N–H and O–H groups in total.